The van der Waals surface area contributed by atoms with Crippen molar-refractivity contribution in [2.24, 2.45) is 5.73 Å². The van der Waals surface area contributed by atoms with Gasteiger partial charge in [-0.15, -0.1) is 12.4 Å². The van der Waals surface area contributed by atoms with E-state index in [0.29, 0.717) is 0 Å². The van der Waals surface area contributed by atoms with Crippen LogP contribution in [0.1, 0.15) is 18.4 Å². The molecule has 1 atom stereocenters. The second-order valence-electron chi connectivity index (χ2n) is 4.50. The second kappa shape index (κ2) is 6.18. The lowest BCUT2D eigenvalue weighted by Gasteiger charge is -2.20. The minimum Gasteiger partial charge on any atom is -0.383 e. The highest BCUT2D eigenvalue weighted by molar-refractivity contribution is 5.85. The molecule has 0 aliphatic heterocycles. The van der Waals surface area contributed by atoms with Gasteiger partial charge in [-0.3, -0.25) is 4.79 Å². The van der Waals surface area contributed by atoms with Crippen LogP contribution < -0.4 is 11.1 Å². The SMILES string of the molecule is COCC(N)C(=O)NC1(c2ccccc2)CC1.Cl. The minimum absolute atomic E-state index is 0. The van der Waals surface area contributed by atoms with Crippen molar-refractivity contribution in [1.82, 2.24) is 5.32 Å². The Hall–Kier alpha value is -1.10. The smallest absolute Gasteiger partial charge is 0.239 e. The Morgan fingerprint density at radius 3 is 2.56 bits per heavy atom. The molecular formula is C13H19ClN2O2. The van der Waals surface area contributed by atoms with Gasteiger partial charge in [-0.2, -0.15) is 0 Å². The zero-order chi connectivity index (χ0) is 12.3. The molecule has 1 saturated carbocycles. The molecule has 1 aromatic carbocycles. The van der Waals surface area contributed by atoms with Crippen LogP contribution >= 0.6 is 12.4 Å². The first-order valence-electron chi connectivity index (χ1n) is 5.80. The van der Waals surface area contributed by atoms with Crippen LogP contribution in [0.4, 0.5) is 0 Å². The molecule has 1 fully saturated rings. The number of nitrogens with two attached hydrogens (primary N) is 1. The van der Waals surface area contributed by atoms with E-state index < -0.39 is 6.04 Å². The number of ether oxygens (including phenoxy) is 1. The molecule has 0 aromatic heterocycles. The molecule has 1 aliphatic carbocycles. The highest BCUT2D eigenvalue weighted by Crippen LogP contribution is 2.45. The van der Waals surface area contributed by atoms with Gasteiger partial charge >= 0.3 is 0 Å². The summed E-state index contributed by atoms with van der Waals surface area (Å²) in [5.74, 6) is -0.145. The van der Waals surface area contributed by atoms with E-state index in [1.54, 1.807) is 0 Å². The van der Waals surface area contributed by atoms with Crippen LogP contribution in [0.2, 0.25) is 0 Å². The maximum absolute atomic E-state index is 11.8. The fourth-order valence-corrected chi connectivity index (χ4v) is 1.95. The van der Waals surface area contributed by atoms with Crippen LogP contribution in [0.3, 0.4) is 0 Å². The summed E-state index contributed by atoms with van der Waals surface area (Å²) in [6.07, 6.45) is 1.95. The molecule has 3 N–H and O–H groups in total. The zero-order valence-electron chi connectivity index (χ0n) is 10.4. The molecule has 1 aliphatic rings. The van der Waals surface area contributed by atoms with Crippen molar-refractivity contribution >= 4 is 18.3 Å². The van der Waals surface area contributed by atoms with Gasteiger partial charge in [-0.25, -0.2) is 0 Å². The first-order valence-corrected chi connectivity index (χ1v) is 5.80. The van der Waals surface area contributed by atoms with E-state index in [-0.39, 0.29) is 30.5 Å². The van der Waals surface area contributed by atoms with Gasteiger partial charge in [0.05, 0.1) is 12.1 Å². The number of rotatable bonds is 5. The molecule has 0 bridgehead atoms. The molecule has 1 amide bonds. The monoisotopic (exact) mass is 270 g/mol. The van der Waals surface area contributed by atoms with E-state index in [1.807, 2.05) is 30.3 Å². The third-order valence-corrected chi connectivity index (χ3v) is 3.12. The van der Waals surface area contributed by atoms with Crippen LogP contribution in [-0.2, 0) is 15.1 Å². The zero-order valence-corrected chi connectivity index (χ0v) is 11.2. The number of carbonyl (C=O) groups excluding carboxylic acids is 1. The van der Waals surface area contributed by atoms with Crippen molar-refractivity contribution in [2.45, 2.75) is 24.4 Å². The van der Waals surface area contributed by atoms with Gasteiger partial charge in [0.15, 0.2) is 0 Å². The molecule has 2 rings (SSSR count). The summed E-state index contributed by atoms with van der Waals surface area (Å²) in [5.41, 5.74) is 6.66. The van der Waals surface area contributed by atoms with E-state index in [9.17, 15) is 4.79 Å². The van der Waals surface area contributed by atoms with Crippen molar-refractivity contribution in [3.63, 3.8) is 0 Å². The highest BCUT2D eigenvalue weighted by atomic mass is 35.5. The van der Waals surface area contributed by atoms with Crippen molar-refractivity contribution in [2.75, 3.05) is 13.7 Å². The predicted octanol–water partition coefficient (Wildman–Crippen LogP) is 1.19. The Morgan fingerprint density at radius 1 is 1.44 bits per heavy atom. The third kappa shape index (κ3) is 3.22. The van der Waals surface area contributed by atoms with Crippen molar-refractivity contribution in [1.29, 1.82) is 0 Å². The predicted molar refractivity (Wildman–Crippen MR) is 72.6 cm³/mol. The van der Waals surface area contributed by atoms with Gasteiger partial charge in [0.1, 0.15) is 6.04 Å². The Balaban J connectivity index is 0.00000162. The molecule has 1 unspecified atom stereocenters. The van der Waals surface area contributed by atoms with Gasteiger partial charge in [0.25, 0.3) is 0 Å². The number of hydrogen-bond donors (Lipinski definition) is 2. The number of methoxy groups -OCH3 is 1. The second-order valence-corrected chi connectivity index (χ2v) is 4.50. The maximum atomic E-state index is 11.8. The van der Waals surface area contributed by atoms with Gasteiger partial charge < -0.3 is 15.8 Å². The van der Waals surface area contributed by atoms with E-state index in [4.69, 9.17) is 10.5 Å². The van der Waals surface area contributed by atoms with Crippen molar-refractivity contribution in [3.05, 3.63) is 35.9 Å². The fourth-order valence-electron chi connectivity index (χ4n) is 1.95. The maximum Gasteiger partial charge on any atom is 0.239 e. The molecule has 5 heteroatoms. The number of carbonyl (C=O) groups is 1. The number of halogens is 1. The standard InChI is InChI=1S/C13H18N2O2.ClH/c1-17-9-11(14)12(16)15-13(7-8-13)10-5-3-2-4-6-10;/h2-6,11H,7-9,14H2,1H3,(H,15,16);1H. The molecule has 0 saturated heterocycles. The lowest BCUT2D eigenvalue weighted by molar-refractivity contribution is -0.124. The van der Waals surface area contributed by atoms with Gasteiger partial charge in [0, 0.05) is 7.11 Å². The summed E-state index contributed by atoms with van der Waals surface area (Å²) in [6.45, 7) is 0.247. The Kier molecular flexibility index (Phi) is 5.14. The topological polar surface area (TPSA) is 64.3 Å². The number of hydrogen-bond acceptors (Lipinski definition) is 3. The van der Waals surface area contributed by atoms with Gasteiger partial charge in [-0.05, 0) is 18.4 Å². The number of nitrogens with one attached hydrogen (secondary N) is 1. The molecule has 1 aromatic rings. The molecule has 0 spiro atoms. The Labute approximate surface area is 113 Å². The fraction of sp³-hybridized carbons (Fsp3) is 0.462. The summed E-state index contributed by atoms with van der Waals surface area (Å²) in [7, 11) is 1.54. The first-order chi connectivity index (χ1) is 8.18. The molecular weight excluding hydrogens is 252 g/mol. The summed E-state index contributed by atoms with van der Waals surface area (Å²) >= 11 is 0. The van der Waals surface area contributed by atoms with Crippen molar-refractivity contribution in [3.8, 4) is 0 Å². The lowest BCUT2D eigenvalue weighted by Crippen LogP contribution is -2.47. The molecule has 4 nitrogen and oxygen atoms in total. The van der Waals surface area contributed by atoms with E-state index in [1.165, 1.54) is 7.11 Å². The summed E-state index contributed by atoms with van der Waals surface area (Å²) in [6, 6.07) is 9.41. The number of benzene rings is 1. The molecule has 18 heavy (non-hydrogen) atoms. The van der Waals surface area contributed by atoms with Crippen LogP contribution in [0.25, 0.3) is 0 Å². The number of amides is 1. The Bertz CT molecular complexity index is 393. The van der Waals surface area contributed by atoms with Gasteiger partial charge in [0.2, 0.25) is 5.91 Å². The van der Waals surface area contributed by atoms with E-state index in [0.717, 1.165) is 18.4 Å². The molecule has 0 radical (unpaired) electrons. The van der Waals surface area contributed by atoms with Crippen LogP contribution in [-0.4, -0.2) is 25.7 Å². The third-order valence-electron chi connectivity index (χ3n) is 3.12. The highest BCUT2D eigenvalue weighted by Gasteiger charge is 2.46. The quantitative estimate of drug-likeness (QED) is 0.845. The summed E-state index contributed by atoms with van der Waals surface area (Å²) < 4.78 is 4.88. The Morgan fingerprint density at radius 2 is 2.06 bits per heavy atom. The average Bonchev–Trinajstić information content (AvgIpc) is 3.11. The average molecular weight is 271 g/mol. The first kappa shape index (κ1) is 15.0. The van der Waals surface area contributed by atoms with E-state index in [2.05, 4.69) is 5.32 Å². The summed E-state index contributed by atoms with van der Waals surface area (Å²) in [5, 5.41) is 3.02. The van der Waals surface area contributed by atoms with E-state index >= 15 is 0 Å². The van der Waals surface area contributed by atoms with Crippen LogP contribution in [0.5, 0.6) is 0 Å². The minimum atomic E-state index is -0.596. The normalized spacial score (nSPS) is 17.4. The van der Waals surface area contributed by atoms with Crippen molar-refractivity contribution < 1.29 is 9.53 Å². The molecule has 0 heterocycles. The lowest BCUT2D eigenvalue weighted by atomic mass is 10.0. The van der Waals surface area contributed by atoms with Crippen LogP contribution in [0.15, 0.2) is 30.3 Å². The largest absolute Gasteiger partial charge is 0.383 e. The van der Waals surface area contributed by atoms with Gasteiger partial charge in [-0.1, -0.05) is 30.3 Å². The summed E-state index contributed by atoms with van der Waals surface area (Å²) in [4.78, 5) is 11.8. The molecule has 100 valence electrons. The van der Waals surface area contributed by atoms with Crippen LogP contribution in [0, 0.1) is 0 Å².